The zero-order valence-electron chi connectivity index (χ0n) is 10.6. The molecule has 1 aromatic rings. The van der Waals surface area contributed by atoms with E-state index in [-0.39, 0.29) is 5.69 Å². The van der Waals surface area contributed by atoms with Crippen molar-refractivity contribution in [3.8, 4) is 0 Å². The molecule has 0 spiro atoms. The third-order valence-corrected chi connectivity index (χ3v) is 2.26. The minimum absolute atomic E-state index is 0.197. The highest BCUT2D eigenvalue weighted by atomic mass is 16.5. The average Bonchev–Trinajstić information content (AvgIpc) is 2.30. The standard InChI is InChI=1S/C12H21N3O2/c1-11(2)17-10-4-5-13-7-9-15-8-3-6-14-12(15)16/h3,6,8,11,13H,4-5,7,9-10H2,1-2H3. The van der Waals surface area contributed by atoms with Gasteiger partial charge in [-0.2, -0.15) is 0 Å². The van der Waals surface area contributed by atoms with Crippen LogP contribution >= 0.6 is 0 Å². The fraction of sp³-hybridized carbons (Fsp3) is 0.667. The third-order valence-electron chi connectivity index (χ3n) is 2.26. The van der Waals surface area contributed by atoms with E-state index < -0.39 is 0 Å². The molecule has 5 nitrogen and oxygen atoms in total. The van der Waals surface area contributed by atoms with Gasteiger partial charge >= 0.3 is 5.69 Å². The SMILES string of the molecule is CC(C)OCCCNCCn1cccnc1=O. The van der Waals surface area contributed by atoms with Gasteiger partial charge in [0.15, 0.2) is 0 Å². The molecule has 1 heterocycles. The number of nitrogens with zero attached hydrogens (tertiary/aromatic N) is 2. The van der Waals surface area contributed by atoms with Gasteiger partial charge in [-0.05, 0) is 32.9 Å². The molecule has 0 aliphatic carbocycles. The van der Waals surface area contributed by atoms with Crippen LogP contribution < -0.4 is 11.0 Å². The number of nitrogens with one attached hydrogen (secondary N) is 1. The van der Waals surface area contributed by atoms with Gasteiger partial charge in [0.2, 0.25) is 0 Å². The Bertz CT molecular complexity index is 363. The summed E-state index contributed by atoms with van der Waals surface area (Å²) in [5.41, 5.74) is -0.197. The molecule has 0 amide bonds. The second-order valence-corrected chi connectivity index (χ2v) is 4.12. The maximum Gasteiger partial charge on any atom is 0.347 e. The van der Waals surface area contributed by atoms with Crippen LogP contribution in [-0.4, -0.2) is 35.4 Å². The summed E-state index contributed by atoms with van der Waals surface area (Å²) < 4.78 is 7.02. The van der Waals surface area contributed by atoms with E-state index in [4.69, 9.17) is 4.74 Å². The molecule has 5 heteroatoms. The first kappa shape index (κ1) is 13.9. The number of hydrogen-bond acceptors (Lipinski definition) is 4. The normalized spacial score (nSPS) is 11.0. The number of ether oxygens (including phenoxy) is 1. The largest absolute Gasteiger partial charge is 0.379 e. The summed E-state index contributed by atoms with van der Waals surface area (Å²) in [6.45, 7) is 7.16. The molecule has 0 aliphatic rings. The van der Waals surface area contributed by atoms with E-state index >= 15 is 0 Å². The smallest absolute Gasteiger partial charge is 0.347 e. The van der Waals surface area contributed by atoms with E-state index in [0.29, 0.717) is 12.6 Å². The van der Waals surface area contributed by atoms with Gasteiger partial charge < -0.3 is 10.1 Å². The Kier molecular flexibility index (Phi) is 6.50. The first-order valence-electron chi connectivity index (χ1n) is 6.04. The number of rotatable bonds is 8. The fourth-order valence-corrected chi connectivity index (χ4v) is 1.40. The summed E-state index contributed by atoms with van der Waals surface area (Å²) in [5, 5.41) is 3.27. The van der Waals surface area contributed by atoms with Crippen molar-refractivity contribution in [2.24, 2.45) is 0 Å². The second-order valence-electron chi connectivity index (χ2n) is 4.12. The Labute approximate surface area is 102 Å². The predicted octanol–water partition coefficient (Wildman–Crippen LogP) is 0.648. The summed E-state index contributed by atoms with van der Waals surface area (Å²) in [6.07, 6.45) is 4.54. The van der Waals surface area contributed by atoms with Gasteiger partial charge in [-0.25, -0.2) is 9.78 Å². The van der Waals surface area contributed by atoms with Crippen LogP contribution in [0.25, 0.3) is 0 Å². The first-order chi connectivity index (χ1) is 8.20. The monoisotopic (exact) mass is 239 g/mol. The van der Waals surface area contributed by atoms with Crippen molar-refractivity contribution in [3.05, 3.63) is 28.9 Å². The minimum Gasteiger partial charge on any atom is -0.379 e. The summed E-state index contributed by atoms with van der Waals surface area (Å²) in [7, 11) is 0. The molecular formula is C12H21N3O2. The first-order valence-corrected chi connectivity index (χ1v) is 6.04. The topological polar surface area (TPSA) is 56.1 Å². The molecule has 1 aromatic heterocycles. The van der Waals surface area contributed by atoms with Gasteiger partial charge in [0, 0.05) is 32.1 Å². The Hall–Kier alpha value is -1.20. The van der Waals surface area contributed by atoms with E-state index in [1.54, 1.807) is 16.8 Å². The van der Waals surface area contributed by atoms with Crippen molar-refractivity contribution in [1.82, 2.24) is 14.9 Å². The molecule has 1 rings (SSSR count). The maximum absolute atomic E-state index is 11.3. The molecule has 17 heavy (non-hydrogen) atoms. The summed E-state index contributed by atoms with van der Waals surface area (Å²) >= 11 is 0. The van der Waals surface area contributed by atoms with E-state index in [2.05, 4.69) is 10.3 Å². The van der Waals surface area contributed by atoms with Gasteiger partial charge in [-0.1, -0.05) is 0 Å². The van der Waals surface area contributed by atoms with Crippen LogP contribution in [0.5, 0.6) is 0 Å². The van der Waals surface area contributed by atoms with Crippen LogP contribution in [0.3, 0.4) is 0 Å². The Balaban J connectivity index is 2.05. The number of hydrogen-bond donors (Lipinski definition) is 1. The molecule has 0 unspecified atom stereocenters. The van der Waals surface area contributed by atoms with Crippen molar-refractivity contribution in [2.75, 3.05) is 19.7 Å². The van der Waals surface area contributed by atoms with Crippen molar-refractivity contribution in [1.29, 1.82) is 0 Å². The number of aromatic nitrogens is 2. The Morgan fingerprint density at radius 3 is 3.00 bits per heavy atom. The summed E-state index contributed by atoms with van der Waals surface area (Å²) in [4.78, 5) is 15.0. The van der Waals surface area contributed by atoms with Gasteiger partial charge in [0.25, 0.3) is 0 Å². The quantitative estimate of drug-likeness (QED) is 0.677. The molecular weight excluding hydrogens is 218 g/mol. The minimum atomic E-state index is -0.197. The molecule has 1 N–H and O–H groups in total. The average molecular weight is 239 g/mol. The van der Waals surface area contributed by atoms with E-state index in [9.17, 15) is 4.79 Å². The van der Waals surface area contributed by atoms with Crippen LogP contribution in [0.2, 0.25) is 0 Å². The molecule has 0 aromatic carbocycles. The Morgan fingerprint density at radius 2 is 2.29 bits per heavy atom. The molecule has 0 atom stereocenters. The molecule has 0 saturated carbocycles. The van der Waals surface area contributed by atoms with Gasteiger partial charge in [-0.3, -0.25) is 4.57 Å². The predicted molar refractivity (Wildman–Crippen MR) is 67.1 cm³/mol. The highest BCUT2D eigenvalue weighted by molar-refractivity contribution is 4.80. The molecule has 0 bridgehead atoms. The lowest BCUT2D eigenvalue weighted by Gasteiger charge is -2.08. The molecule has 0 fully saturated rings. The van der Waals surface area contributed by atoms with Crippen molar-refractivity contribution >= 4 is 0 Å². The molecule has 0 aliphatic heterocycles. The zero-order chi connectivity index (χ0) is 12.5. The molecule has 96 valence electrons. The third kappa shape index (κ3) is 6.19. The van der Waals surface area contributed by atoms with Crippen LogP contribution in [0.4, 0.5) is 0 Å². The van der Waals surface area contributed by atoms with Crippen LogP contribution in [-0.2, 0) is 11.3 Å². The summed E-state index contributed by atoms with van der Waals surface area (Å²) in [6, 6.07) is 1.76. The van der Waals surface area contributed by atoms with E-state index in [1.165, 1.54) is 6.20 Å². The Morgan fingerprint density at radius 1 is 1.47 bits per heavy atom. The van der Waals surface area contributed by atoms with Gasteiger partial charge in [0.1, 0.15) is 0 Å². The van der Waals surface area contributed by atoms with Crippen molar-refractivity contribution in [2.45, 2.75) is 32.9 Å². The van der Waals surface area contributed by atoms with E-state index in [1.807, 2.05) is 13.8 Å². The lowest BCUT2D eigenvalue weighted by molar-refractivity contribution is 0.0771. The molecule has 0 radical (unpaired) electrons. The lowest BCUT2D eigenvalue weighted by atomic mass is 10.4. The molecule has 0 saturated heterocycles. The fourth-order valence-electron chi connectivity index (χ4n) is 1.40. The summed E-state index contributed by atoms with van der Waals surface area (Å²) in [5.74, 6) is 0. The lowest BCUT2D eigenvalue weighted by Crippen LogP contribution is -2.28. The van der Waals surface area contributed by atoms with Gasteiger partial charge in [0.05, 0.1) is 6.10 Å². The highest BCUT2D eigenvalue weighted by Gasteiger charge is 1.95. The van der Waals surface area contributed by atoms with Crippen LogP contribution in [0.15, 0.2) is 23.3 Å². The van der Waals surface area contributed by atoms with E-state index in [0.717, 1.165) is 26.1 Å². The van der Waals surface area contributed by atoms with Crippen molar-refractivity contribution < 1.29 is 4.74 Å². The van der Waals surface area contributed by atoms with Gasteiger partial charge in [-0.15, -0.1) is 0 Å². The van der Waals surface area contributed by atoms with Crippen LogP contribution in [0.1, 0.15) is 20.3 Å². The second kappa shape index (κ2) is 7.97. The maximum atomic E-state index is 11.3. The van der Waals surface area contributed by atoms with Crippen molar-refractivity contribution in [3.63, 3.8) is 0 Å². The highest BCUT2D eigenvalue weighted by Crippen LogP contribution is 1.89. The zero-order valence-corrected chi connectivity index (χ0v) is 10.6. The van der Waals surface area contributed by atoms with Crippen LogP contribution in [0, 0.1) is 0 Å².